The summed E-state index contributed by atoms with van der Waals surface area (Å²) in [5.74, 6) is -0.730. The molecular formula is C21H20N4O3. The van der Waals surface area contributed by atoms with Gasteiger partial charge in [0.2, 0.25) is 0 Å². The highest BCUT2D eigenvalue weighted by molar-refractivity contribution is 6.03. The second-order valence-corrected chi connectivity index (χ2v) is 5.89. The Labute approximate surface area is 162 Å². The molecule has 0 unspecified atom stereocenters. The fraction of sp³-hybridized carbons (Fsp3) is 0.143. The predicted octanol–water partition coefficient (Wildman–Crippen LogP) is 3.52. The van der Waals surface area contributed by atoms with E-state index in [2.05, 4.69) is 20.6 Å². The molecule has 0 aliphatic heterocycles. The first-order valence-corrected chi connectivity index (χ1v) is 8.83. The minimum absolute atomic E-state index is 0.286. The predicted molar refractivity (Wildman–Crippen MR) is 106 cm³/mol. The topological polar surface area (TPSA) is 93.2 Å². The van der Waals surface area contributed by atoms with Gasteiger partial charge in [-0.05, 0) is 61.0 Å². The average Bonchev–Trinajstić information content (AvgIpc) is 2.74. The van der Waals surface area contributed by atoms with Gasteiger partial charge in [-0.2, -0.15) is 0 Å². The van der Waals surface area contributed by atoms with Gasteiger partial charge in [0, 0.05) is 36.5 Å². The first kappa shape index (κ1) is 19.0. The summed E-state index contributed by atoms with van der Waals surface area (Å²) in [6.07, 6.45) is 5.04. The molecule has 0 spiro atoms. The third-order valence-electron chi connectivity index (χ3n) is 3.89. The Kier molecular flexibility index (Phi) is 6.30. The SMILES string of the molecule is CCOC(=O)c1ccc(NC(=O)c2cc(NCc3ccncc3)ccn2)cc1. The highest BCUT2D eigenvalue weighted by atomic mass is 16.5. The van der Waals surface area contributed by atoms with Crippen LogP contribution in [0.15, 0.2) is 67.1 Å². The number of ether oxygens (including phenoxy) is 1. The smallest absolute Gasteiger partial charge is 0.338 e. The molecule has 0 bridgehead atoms. The molecule has 0 saturated carbocycles. The monoisotopic (exact) mass is 376 g/mol. The molecule has 142 valence electrons. The summed E-state index contributed by atoms with van der Waals surface area (Å²) in [7, 11) is 0. The number of esters is 1. The van der Waals surface area contributed by atoms with Crippen LogP contribution >= 0.6 is 0 Å². The summed E-state index contributed by atoms with van der Waals surface area (Å²) in [5, 5.41) is 6.02. The summed E-state index contributed by atoms with van der Waals surface area (Å²) in [6.45, 7) is 2.68. The largest absolute Gasteiger partial charge is 0.462 e. The minimum atomic E-state index is -0.394. The maximum Gasteiger partial charge on any atom is 0.338 e. The number of hydrogen-bond acceptors (Lipinski definition) is 6. The number of nitrogens with one attached hydrogen (secondary N) is 2. The van der Waals surface area contributed by atoms with E-state index in [0.717, 1.165) is 11.3 Å². The Balaban J connectivity index is 1.62. The minimum Gasteiger partial charge on any atom is -0.462 e. The lowest BCUT2D eigenvalue weighted by atomic mass is 10.2. The van der Waals surface area contributed by atoms with Crippen molar-refractivity contribution in [2.24, 2.45) is 0 Å². The number of anilines is 2. The van der Waals surface area contributed by atoms with Crippen molar-refractivity contribution in [3.05, 3.63) is 83.9 Å². The second-order valence-electron chi connectivity index (χ2n) is 5.89. The Bertz CT molecular complexity index is 943. The number of carbonyl (C=O) groups is 2. The number of rotatable bonds is 7. The Morgan fingerprint density at radius 3 is 2.43 bits per heavy atom. The fourth-order valence-electron chi connectivity index (χ4n) is 2.47. The van der Waals surface area contributed by atoms with Gasteiger partial charge >= 0.3 is 5.97 Å². The molecule has 7 nitrogen and oxygen atoms in total. The third-order valence-corrected chi connectivity index (χ3v) is 3.89. The molecule has 3 aromatic rings. The number of hydrogen-bond donors (Lipinski definition) is 2. The highest BCUT2D eigenvalue weighted by Crippen LogP contribution is 2.14. The Morgan fingerprint density at radius 1 is 0.964 bits per heavy atom. The van der Waals surface area contributed by atoms with Crippen LogP contribution in [0.2, 0.25) is 0 Å². The van der Waals surface area contributed by atoms with Crippen molar-refractivity contribution < 1.29 is 14.3 Å². The van der Waals surface area contributed by atoms with E-state index in [0.29, 0.717) is 24.4 Å². The molecule has 0 saturated heterocycles. The first-order valence-electron chi connectivity index (χ1n) is 8.83. The summed E-state index contributed by atoms with van der Waals surface area (Å²) in [6, 6.07) is 13.8. The molecule has 2 aromatic heterocycles. The van der Waals surface area contributed by atoms with E-state index in [9.17, 15) is 9.59 Å². The molecule has 7 heteroatoms. The van der Waals surface area contributed by atoms with Crippen molar-refractivity contribution in [3.63, 3.8) is 0 Å². The van der Waals surface area contributed by atoms with Crippen LogP contribution in [0.5, 0.6) is 0 Å². The summed E-state index contributed by atoms with van der Waals surface area (Å²) in [5.41, 5.74) is 3.15. The Morgan fingerprint density at radius 2 is 1.71 bits per heavy atom. The summed E-state index contributed by atoms with van der Waals surface area (Å²) < 4.78 is 4.94. The van der Waals surface area contributed by atoms with E-state index >= 15 is 0 Å². The van der Waals surface area contributed by atoms with Gasteiger partial charge in [0.1, 0.15) is 5.69 Å². The number of nitrogens with zero attached hydrogens (tertiary/aromatic N) is 2. The van der Waals surface area contributed by atoms with E-state index in [1.54, 1.807) is 61.9 Å². The van der Waals surface area contributed by atoms with Crippen LogP contribution in [0.4, 0.5) is 11.4 Å². The molecule has 2 heterocycles. The van der Waals surface area contributed by atoms with Crippen LogP contribution in [0.1, 0.15) is 33.3 Å². The van der Waals surface area contributed by atoms with E-state index in [-0.39, 0.29) is 11.6 Å². The van der Waals surface area contributed by atoms with Crippen molar-refractivity contribution >= 4 is 23.3 Å². The molecule has 0 radical (unpaired) electrons. The number of aromatic nitrogens is 2. The lowest BCUT2D eigenvalue weighted by Crippen LogP contribution is -2.14. The number of carbonyl (C=O) groups excluding carboxylic acids is 2. The molecule has 28 heavy (non-hydrogen) atoms. The lowest BCUT2D eigenvalue weighted by molar-refractivity contribution is 0.0526. The second kappa shape index (κ2) is 9.27. The lowest BCUT2D eigenvalue weighted by Gasteiger charge is -2.09. The molecule has 1 aromatic carbocycles. The van der Waals surface area contributed by atoms with Gasteiger partial charge in [-0.25, -0.2) is 4.79 Å². The number of pyridine rings is 2. The normalized spacial score (nSPS) is 10.2. The quantitative estimate of drug-likeness (QED) is 0.613. The molecule has 0 atom stereocenters. The van der Waals surface area contributed by atoms with Gasteiger partial charge in [-0.1, -0.05) is 0 Å². The standard InChI is InChI=1S/C21H20N4O3/c1-2-28-21(27)16-3-5-17(6-4-16)25-20(26)19-13-18(9-12-23-19)24-14-15-7-10-22-11-8-15/h3-13H,2,14H2,1H3,(H,23,24)(H,25,26). The number of amides is 1. The van der Waals surface area contributed by atoms with Crippen LogP contribution in [0.25, 0.3) is 0 Å². The zero-order valence-electron chi connectivity index (χ0n) is 15.4. The van der Waals surface area contributed by atoms with Crippen LogP contribution in [-0.2, 0) is 11.3 Å². The number of benzene rings is 1. The molecule has 1 amide bonds. The third kappa shape index (κ3) is 5.14. The molecule has 0 aliphatic carbocycles. The summed E-state index contributed by atoms with van der Waals surface area (Å²) in [4.78, 5) is 32.2. The average molecular weight is 376 g/mol. The van der Waals surface area contributed by atoms with Crippen molar-refractivity contribution in [1.29, 1.82) is 0 Å². The molecule has 0 fully saturated rings. The van der Waals surface area contributed by atoms with Crippen molar-refractivity contribution in [2.45, 2.75) is 13.5 Å². The summed E-state index contributed by atoms with van der Waals surface area (Å²) >= 11 is 0. The zero-order chi connectivity index (χ0) is 19.8. The fourth-order valence-corrected chi connectivity index (χ4v) is 2.47. The first-order chi connectivity index (χ1) is 13.7. The van der Waals surface area contributed by atoms with Gasteiger partial charge < -0.3 is 15.4 Å². The maximum absolute atomic E-state index is 12.5. The van der Waals surface area contributed by atoms with Crippen molar-refractivity contribution in [2.75, 3.05) is 17.2 Å². The van der Waals surface area contributed by atoms with Crippen molar-refractivity contribution in [3.8, 4) is 0 Å². The molecular weight excluding hydrogens is 356 g/mol. The van der Waals surface area contributed by atoms with Gasteiger partial charge in [-0.3, -0.25) is 14.8 Å². The molecule has 0 aliphatic rings. The van der Waals surface area contributed by atoms with E-state index in [1.165, 1.54) is 0 Å². The van der Waals surface area contributed by atoms with E-state index < -0.39 is 5.97 Å². The molecule has 2 N–H and O–H groups in total. The van der Waals surface area contributed by atoms with Gasteiger partial charge in [0.05, 0.1) is 12.2 Å². The van der Waals surface area contributed by atoms with Crippen LogP contribution in [-0.4, -0.2) is 28.5 Å². The van der Waals surface area contributed by atoms with Gasteiger partial charge in [0.15, 0.2) is 0 Å². The highest BCUT2D eigenvalue weighted by Gasteiger charge is 2.10. The maximum atomic E-state index is 12.5. The van der Waals surface area contributed by atoms with Gasteiger partial charge in [-0.15, -0.1) is 0 Å². The molecule has 3 rings (SSSR count). The van der Waals surface area contributed by atoms with Crippen LogP contribution in [0.3, 0.4) is 0 Å². The Hall–Kier alpha value is -3.74. The zero-order valence-corrected chi connectivity index (χ0v) is 15.4. The van der Waals surface area contributed by atoms with Crippen LogP contribution < -0.4 is 10.6 Å². The van der Waals surface area contributed by atoms with E-state index in [1.807, 2.05) is 12.1 Å². The van der Waals surface area contributed by atoms with E-state index in [4.69, 9.17) is 4.74 Å². The van der Waals surface area contributed by atoms with Gasteiger partial charge in [0.25, 0.3) is 5.91 Å². The van der Waals surface area contributed by atoms with Crippen LogP contribution in [0, 0.1) is 0 Å². The van der Waals surface area contributed by atoms with Crippen molar-refractivity contribution in [1.82, 2.24) is 9.97 Å².